The molecule has 13 heteroatoms. The maximum Gasteiger partial charge on any atom is 0.319 e. The first-order valence-corrected chi connectivity index (χ1v) is 16.7. The molecule has 42 heavy (non-hydrogen) atoms. The highest BCUT2D eigenvalue weighted by molar-refractivity contribution is 7.92. The summed E-state index contributed by atoms with van der Waals surface area (Å²) in [6, 6.07) is 12.0. The third-order valence-corrected chi connectivity index (χ3v) is 11.4. The van der Waals surface area contributed by atoms with Crippen LogP contribution in [0.2, 0.25) is 0 Å². The van der Waals surface area contributed by atoms with Crippen molar-refractivity contribution < 1.29 is 26.3 Å². The molecule has 0 unspecified atom stereocenters. The number of pyridine rings is 1. The zero-order valence-electron chi connectivity index (χ0n) is 23.2. The summed E-state index contributed by atoms with van der Waals surface area (Å²) < 4.78 is 66.7. The first kappa shape index (κ1) is 28.3. The number of hydrogen-bond donors (Lipinski definition) is 2. The normalized spacial score (nSPS) is 16.0. The first-order valence-electron chi connectivity index (χ1n) is 13.7. The van der Waals surface area contributed by atoms with Gasteiger partial charge in [0.1, 0.15) is 4.90 Å². The topological polar surface area (TPSA) is 149 Å². The van der Waals surface area contributed by atoms with Crippen LogP contribution in [0.1, 0.15) is 38.5 Å². The summed E-state index contributed by atoms with van der Waals surface area (Å²) in [6.07, 6.45) is 7.55. The lowest BCUT2D eigenvalue weighted by atomic mass is 10.0. The molecule has 2 heterocycles. The molecule has 11 nitrogen and oxygen atoms in total. The Bertz CT molecular complexity index is 1870. The van der Waals surface area contributed by atoms with Gasteiger partial charge in [0.2, 0.25) is 15.9 Å². The summed E-state index contributed by atoms with van der Waals surface area (Å²) in [5.41, 5.74) is 2.57. The predicted octanol–water partition coefficient (Wildman–Crippen LogP) is 4.61. The maximum absolute atomic E-state index is 13.4. The molecule has 2 aliphatic rings. The number of benzene rings is 2. The van der Waals surface area contributed by atoms with E-state index in [0.29, 0.717) is 52.1 Å². The predicted molar refractivity (Wildman–Crippen MR) is 158 cm³/mol. The Kier molecular flexibility index (Phi) is 7.50. The lowest BCUT2D eigenvalue weighted by molar-refractivity contribution is 0.353. The minimum atomic E-state index is -3.92. The molecule has 0 aliphatic heterocycles. The molecule has 0 spiro atoms. The molecule has 6 rings (SSSR count). The standard InChI is InChI=1S/C29H31N5O6S2/c1-39-28-24(16-31-29(33-28)40-2)18-10-13-23-25(14-18)30-17-26(42(37,38)34-19-11-12-19)27(23)32-20-6-5-9-22(15-20)41(35,36)21-7-3-4-8-21/h5-6,9-10,13-17,19,21,34H,3-4,7-8,11-12H2,1-2H3,(H,30,32). The van der Waals surface area contributed by atoms with Crippen molar-refractivity contribution in [2.24, 2.45) is 0 Å². The van der Waals surface area contributed by atoms with Crippen LogP contribution in [0, 0.1) is 0 Å². The van der Waals surface area contributed by atoms with Gasteiger partial charge in [-0.05, 0) is 55.5 Å². The van der Waals surface area contributed by atoms with E-state index in [1.54, 1.807) is 48.7 Å². The van der Waals surface area contributed by atoms with E-state index in [2.05, 4.69) is 25.0 Å². The molecule has 2 aliphatic carbocycles. The summed E-state index contributed by atoms with van der Waals surface area (Å²) in [7, 11) is -4.46. The van der Waals surface area contributed by atoms with Crippen LogP contribution >= 0.6 is 0 Å². The van der Waals surface area contributed by atoms with Crippen molar-refractivity contribution in [3.8, 4) is 23.0 Å². The Morgan fingerprint density at radius 3 is 2.38 bits per heavy atom. The molecule has 2 aromatic carbocycles. The van der Waals surface area contributed by atoms with E-state index in [9.17, 15) is 16.8 Å². The van der Waals surface area contributed by atoms with Gasteiger partial charge in [-0.1, -0.05) is 31.0 Å². The maximum atomic E-state index is 13.4. The summed E-state index contributed by atoms with van der Waals surface area (Å²) in [4.78, 5) is 13.1. The van der Waals surface area contributed by atoms with E-state index in [-0.39, 0.29) is 21.8 Å². The third-order valence-electron chi connectivity index (χ3n) is 7.61. The summed E-state index contributed by atoms with van der Waals surface area (Å²) >= 11 is 0. The molecule has 220 valence electrons. The molecule has 2 aromatic heterocycles. The molecule has 0 saturated heterocycles. The fourth-order valence-electron chi connectivity index (χ4n) is 5.25. The average Bonchev–Trinajstić information content (AvgIpc) is 3.61. The zero-order valence-corrected chi connectivity index (χ0v) is 24.8. The number of rotatable bonds is 10. The number of sulfonamides is 1. The van der Waals surface area contributed by atoms with Gasteiger partial charge in [-0.15, -0.1) is 0 Å². The number of hydrogen-bond acceptors (Lipinski definition) is 10. The molecular formula is C29H31N5O6S2. The van der Waals surface area contributed by atoms with Crippen molar-refractivity contribution in [3.05, 3.63) is 54.9 Å². The van der Waals surface area contributed by atoms with E-state index in [0.717, 1.165) is 25.7 Å². The Hall–Kier alpha value is -3.81. The van der Waals surface area contributed by atoms with Crippen LogP contribution in [0.4, 0.5) is 11.4 Å². The summed E-state index contributed by atoms with van der Waals surface area (Å²) in [6.45, 7) is 0. The molecule has 2 fully saturated rings. The third kappa shape index (κ3) is 5.51. The number of aromatic nitrogens is 3. The van der Waals surface area contributed by atoms with Gasteiger partial charge in [-0.3, -0.25) is 4.98 Å². The second kappa shape index (κ2) is 11.1. The van der Waals surface area contributed by atoms with Gasteiger partial charge >= 0.3 is 6.01 Å². The number of fused-ring (bicyclic) bond motifs is 1. The SMILES string of the molecule is COc1ncc(-c2ccc3c(Nc4cccc(S(=O)(=O)C5CCCC5)c4)c(S(=O)(=O)NC4CC4)cnc3c2)c(OC)n1. The Labute approximate surface area is 244 Å². The number of anilines is 2. The fourth-order valence-corrected chi connectivity index (χ4v) is 8.57. The van der Waals surface area contributed by atoms with Gasteiger partial charge in [0.25, 0.3) is 0 Å². The van der Waals surface area contributed by atoms with Crippen LogP contribution in [0.5, 0.6) is 11.9 Å². The van der Waals surface area contributed by atoms with Gasteiger partial charge in [-0.2, -0.15) is 4.98 Å². The van der Waals surface area contributed by atoms with Gasteiger partial charge in [0.05, 0.1) is 41.1 Å². The van der Waals surface area contributed by atoms with Crippen LogP contribution in [0.3, 0.4) is 0 Å². The van der Waals surface area contributed by atoms with Crippen molar-refractivity contribution >= 4 is 42.1 Å². The van der Waals surface area contributed by atoms with E-state index in [1.165, 1.54) is 20.4 Å². The number of nitrogens with zero attached hydrogens (tertiary/aromatic N) is 3. The lowest BCUT2D eigenvalue weighted by Gasteiger charge is -2.17. The first-order chi connectivity index (χ1) is 20.2. The van der Waals surface area contributed by atoms with Crippen LogP contribution in [-0.2, 0) is 19.9 Å². The van der Waals surface area contributed by atoms with Gasteiger partial charge in [0.15, 0.2) is 9.84 Å². The number of nitrogens with one attached hydrogen (secondary N) is 2. The molecule has 2 saturated carbocycles. The van der Waals surface area contributed by atoms with Crippen LogP contribution < -0.4 is 19.5 Å². The number of ether oxygens (including phenoxy) is 2. The van der Waals surface area contributed by atoms with Crippen LogP contribution in [-0.4, -0.2) is 57.3 Å². The number of methoxy groups -OCH3 is 2. The molecule has 2 N–H and O–H groups in total. The van der Waals surface area contributed by atoms with Crippen molar-refractivity contribution in [3.63, 3.8) is 0 Å². The number of sulfone groups is 1. The van der Waals surface area contributed by atoms with Crippen molar-refractivity contribution in [2.45, 2.75) is 59.6 Å². The summed E-state index contributed by atoms with van der Waals surface area (Å²) in [5.74, 6) is 0.313. The van der Waals surface area contributed by atoms with Crippen LogP contribution in [0.25, 0.3) is 22.0 Å². The smallest absolute Gasteiger partial charge is 0.319 e. The molecule has 4 aromatic rings. The largest absolute Gasteiger partial charge is 0.480 e. The highest BCUT2D eigenvalue weighted by Crippen LogP contribution is 2.38. The second-order valence-electron chi connectivity index (χ2n) is 10.5. The van der Waals surface area contributed by atoms with E-state index >= 15 is 0 Å². The molecule has 0 atom stereocenters. The van der Waals surface area contributed by atoms with E-state index < -0.39 is 25.1 Å². The second-order valence-corrected chi connectivity index (χ2v) is 14.4. The lowest BCUT2D eigenvalue weighted by Crippen LogP contribution is -2.26. The Morgan fingerprint density at radius 2 is 1.67 bits per heavy atom. The van der Waals surface area contributed by atoms with Crippen LogP contribution in [0.15, 0.2) is 64.6 Å². The van der Waals surface area contributed by atoms with Gasteiger partial charge in [-0.25, -0.2) is 26.5 Å². The van der Waals surface area contributed by atoms with Gasteiger partial charge < -0.3 is 14.8 Å². The molecule has 0 radical (unpaired) electrons. The van der Waals surface area contributed by atoms with E-state index in [1.807, 2.05) is 0 Å². The Morgan fingerprint density at radius 1 is 0.881 bits per heavy atom. The highest BCUT2D eigenvalue weighted by atomic mass is 32.2. The molecular weight excluding hydrogens is 578 g/mol. The Balaban J connectivity index is 1.45. The monoisotopic (exact) mass is 609 g/mol. The molecule has 0 amide bonds. The quantitative estimate of drug-likeness (QED) is 0.261. The average molecular weight is 610 g/mol. The minimum Gasteiger partial charge on any atom is -0.480 e. The van der Waals surface area contributed by atoms with Gasteiger partial charge in [0, 0.05) is 29.5 Å². The van der Waals surface area contributed by atoms with E-state index in [4.69, 9.17) is 9.47 Å². The summed E-state index contributed by atoms with van der Waals surface area (Å²) in [5, 5.41) is 3.36. The van der Waals surface area contributed by atoms with Crippen molar-refractivity contribution in [2.75, 3.05) is 19.5 Å². The zero-order chi connectivity index (χ0) is 29.5. The highest BCUT2D eigenvalue weighted by Gasteiger charge is 2.32. The molecule has 0 bridgehead atoms. The minimum absolute atomic E-state index is 0.0240. The fraction of sp³-hybridized carbons (Fsp3) is 0.345. The van der Waals surface area contributed by atoms with Crippen molar-refractivity contribution in [1.29, 1.82) is 0 Å². The van der Waals surface area contributed by atoms with Crippen molar-refractivity contribution in [1.82, 2.24) is 19.7 Å².